The number of ether oxygens (including phenoxy) is 2. The number of hydrogen-bond acceptors (Lipinski definition) is 3. The fourth-order valence-corrected chi connectivity index (χ4v) is 4.87. The van der Waals surface area contributed by atoms with Crippen LogP contribution in [0.2, 0.25) is 0 Å². The van der Waals surface area contributed by atoms with Crippen LogP contribution < -0.4 is 5.32 Å². The van der Waals surface area contributed by atoms with Crippen LogP contribution in [0.3, 0.4) is 0 Å². The lowest BCUT2D eigenvalue weighted by molar-refractivity contribution is -0.0250. The molecule has 3 aliphatic heterocycles. The molecule has 0 saturated carbocycles. The SMILES string of the molecule is CCNC(=NCC1CCCOC1c1ccc(C)cc1)N1CCC2(CCOC2)C1. The minimum atomic E-state index is 0.161. The average molecular weight is 386 g/mol. The van der Waals surface area contributed by atoms with E-state index in [1.54, 1.807) is 0 Å². The zero-order valence-corrected chi connectivity index (χ0v) is 17.5. The summed E-state index contributed by atoms with van der Waals surface area (Å²) in [6, 6.07) is 8.81. The summed E-state index contributed by atoms with van der Waals surface area (Å²) < 4.78 is 11.9. The standard InChI is InChI=1S/C23H35N3O2/c1-3-24-22(26-12-10-23(16-26)11-14-27-17-23)25-15-20-5-4-13-28-21(20)19-8-6-18(2)7-9-19/h6-9,20-21H,3-5,10-17H2,1-2H3,(H,24,25). The van der Waals surface area contributed by atoms with E-state index < -0.39 is 0 Å². The second-order valence-corrected chi connectivity index (χ2v) is 8.77. The van der Waals surface area contributed by atoms with E-state index in [4.69, 9.17) is 14.5 Å². The zero-order chi connectivity index (χ0) is 19.4. The van der Waals surface area contributed by atoms with Crippen LogP contribution in [0.5, 0.6) is 0 Å². The predicted molar refractivity (Wildman–Crippen MR) is 113 cm³/mol. The Morgan fingerprint density at radius 3 is 2.86 bits per heavy atom. The quantitative estimate of drug-likeness (QED) is 0.636. The molecule has 0 bridgehead atoms. The first-order chi connectivity index (χ1) is 13.7. The van der Waals surface area contributed by atoms with Gasteiger partial charge in [-0.25, -0.2) is 0 Å². The number of rotatable bonds is 4. The van der Waals surface area contributed by atoms with Gasteiger partial charge in [-0.2, -0.15) is 0 Å². The van der Waals surface area contributed by atoms with Crippen LogP contribution in [0.1, 0.15) is 49.8 Å². The molecule has 0 aliphatic carbocycles. The predicted octanol–water partition coefficient (Wildman–Crippen LogP) is 3.54. The molecule has 154 valence electrons. The maximum atomic E-state index is 6.19. The molecule has 3 aliphatic rings. The van der Waals surface area contributed by atoms with Crippen LogP contribution in [0.4, 0.5) is 0 Å². The first kappa shape index (κ1) is 19.7. The van der Waals surface area contributed by atoms with E-state index in [-0.39, 0.29) is 6.10 Å². The summed E-state index contributed by atoms with van der Waals surface area (Å²) in [5, 5.41) is 3.53. The van der Waals surface area contributed by atoms with E-state index in [0.29, 0.717) is 11.3 Å². The van der Waals surface area contributed by atoms with E-state index in [0.717, 1.165) is 58.4 Å². The smallest absolute Gasteiger partial charge is 0.193 e. The summed E-state index contributed by atoms with van der Waals surface area (Å²) in [5.41, 5.74) is 2.94. The summed E-state index contributed by atoms with van der Waals surface area (Å²) in [7, 11) is 0. The Bertz CT molecular complexity index is 667. The Balaban J connectivity index is 1.45. The van der Waals surface area contributed by atoms with Crippen molar-refractivity contribution >= 4 is 5.96 Å². The Labute approximate surface area is 169 Å². The van der Waals surface area contributed by atoms with Crippen molar-refractivity contribution in [1.82, 2.24) is 10.2 Å². The highest BCUT2D eigenvalue weighted by atomic mass is 16.5. The van der Waals surface area contributed by atoms with Gasteiger partial charge in [-0.05, 0) is 45.1 Å². The zero-order valence-electron chi connectivity index (χ0n) is 17.5. The summed E-state index contributed by atoms with van der Waals surface area (Å²) in [5.74, 6) is 1.51. The van der Waals surface area contributed by atoms with Crippen molar-refractivity contribution < 1.29 is 9.47 Å². The number of guanidine groups is 1. The van der Waals surface area contributed by atoms with E-state index in [2.05, 4.69) is 48.3 Å². The maximum Gasteiger partial charge on any atom is 0.193 e. The summed E-state index contributed by atoms with van der Waals surface area (Å²) in [4.78, 5) is 7.52. The molecule has 3 fully saturated rings. The molecule has 3 unspecified atom stereocenters. The van der Waals surface area contributed by atoms with Gasteiger partial charge in [0.2, 0.25) is 0 Å². The van der Waals surface area contributed by atoms with Gasteiger partial charge in [0.1, 0.15) is 0 Å². The van der Waals surface area contributed by atoms with Gasteiger partial charge in [-0.1, -0.05) is 29.8 Å². The fraction of sp³-hybridized carbons (Fsp3) is 0.696. The number of aryl methyl sites for hydroxylation is 1. The van der Waals surface area contributed by atoms with Gasteiger partial charge in [-0.15, -0.1) is 0 Å². The number of likely N-dealkylation sites (tertiary alicyclic amines) is 1. The topological polar surface area (TPSA) is 46.1 Å². The van der Waals surface area contributed by atoms with Crippen molar-refractivity contribution in [2.45, 2.75) is 45.6 Å². The fourth-order valence-electron chi connectivity index (χ4n) is 4.87. The van der Waals surface area contributed by atoms with Crippen LogP contribution in [-0.2, 0) is 9.47 Å². The monoisotopic (exact) mass is 385 g/mol. The molecule has 0 radical (unpaired) electrons. The van der Waals surface area contributed by atoms with Gasteiger partial charge in [0.05, 0.1) is 12.7 Å². The van der Waals surface area contributed by atoms with Crippen molar-refractivity contribution in [3.63, 3.8) is 0 Å². The molecule has 5 nitrogen and oxygen atoms in total. The second-order valence-electron chi connectivity index (χ2n) is 8.77. The van der Waals surface area contributed by atoms with Crippen molar-refractivity contribution in [2.24, 2.45) is 16.3 Å². The number of benzene rings is 1. The largest absolute Gasteiger partial charge is 0.381 e. The molecule has 1 aromatic carbocycles. The normalized spacial score (nSPS) is 30.9. The molecule has 4 rings (SSSR count). The highest BCUT2D eigenvalue weighted by Gasteiger charge is 2.42. The Hall–Kier alpha value is -1.59. The van der Waals surface area contributed by atoms with E-state index in [9.17, 15) is 0 Å². The third-order valence-electron chi connectivity index (χ3n) is 6.58. The Morgan fingerprint density at radius 1 is 1.25 bits per heavy atom. The van der Waals surface area contributed by atoms with Gasteiger partial charge in [0.25, 0.3) is 0 Å². The molecule has 3 heterocycles. The van der Waals surface area contributed by atoms with Crippen LogP contribution in [0.25, 0.3) is 0 Å². The molecule has 1 aromatic rings. The van der Waals surface area contributed by atoms with Crippen LogP contribution in [0, 0.1) is 18.3 Å². The molecule has 1 spiro atoms. The lowest BCUT2D eigenvalue weighted by Gasteiger charge is -2.32. The molecule has 3 atom stereocenters. The molecule has 28 heavy (non-hydrogen) atoms. The van der Waals surface area contributed by atoms with Gasteiger partial charge in [-0.3, -0.25) is 4.99 Å². The van der Waals surface area contributed by atoms with Crippen LogP contribution in [-0.4, -0.2) is 56.9 Å². The van der Waals surface area contributed by atoms with Crippen molar-refractivity contribution in [3.8, 4) is 0 Å². The van der Waals surface area contributed by atoms with Crippen molar-refractivity contribution in [1.29, 1.82) is 0 Å². The van der Waals surface area contributed by atoms with Crippen LogP contribution in [0.15, 0.2) is 29.3 Å². The lowest BCUT2D eigenvalue weighted by atomic mass is 9.87. The molecular formula is C23H35N3O2. The second kappa shape index (κ2) is 8.83. The van der Waals surface area contributed by atoms with Gasteiger partial charge in [0, 0.05) is 50.7 Å². The minimum Gasteiger partial charge on any atom is -0.381 e. The third-order valence-corrected chi connectivity index (χ3v) is 6.58. The third kappa shape index (κ3) is 4.36. The molecule has 0 aromatic heterocycles. The van der Waals surface area contributed by atoms with E-state index in [1.165, 1.54) is 30.4 Å². The molecular weight excluding hydrogens is 350 g/mol. The molecule has 1 N–H and O–H groups in total. The van der Waals surface area contributed by atoms with Crippen molar-refractivity contribution in [3.05, 3.63) is 35.4 Å². The highest BCUT2D eigenvalue weighted by Crippen LogP contribution is 2.38. The maximum absolute atomic E-state index is 6.19. The molecule has 0 amide bonds. The number of nitrogens with one attached hydrogen (secondary N) is 1. The van der Waals surface area contributed by atoms with E-state index in [1.807, 2.05) is 0 Å². The molecule has 3 saturated heterocycles. The first-order valence-corrected chi connectivity index (χ1v) is 11.0. The van der Waals surface area contributed by atoms with Gasteiger partial charge in [0.15, 0.2) is 5.96 Å². The van der Waals surface area contributed by atoms with Crippen molar-refractivity contribution in [2.75, 3.05) is 46.0 Å². The Kier molecular flexibility index (Phi) is 6.22. The minimum absolute atomic E-state index is 0.161. The lowest BCUT2D eigenvalue weighted by Crippen LogP contribution is -2.42. The summed E-state index contributed by atoms with van der Waals surface area (Å²) in [6.07, 6.45) is 4.88. The van der Waals surface area contributed by atoms with Gasteiger partial charge >= 0.3 is 0 Å². The number of hydrogen-bond donors (Lipinski definition) is 1. The van der Waals surface area contributed by atoms with Crippen LogP contribution >= 0.6 is 0 Å². The first-order valence-electron chi connectivity index (χ1n) is 11.0. The Morgan fingerprint density at radius 2 is 2.11 bits per heavy atom. The highest BCUT2D eigenvalue weighted by molar-refractivity contribution is 5.80. The average Bonchev–Trinajstić information content (AvgIpc) is 3.36. The summed E-state index contributed by atoms with van der Waals surface area (Å²) in [6.45, 7) is 10.8. The van der Waals surface area contributed by atoms with E-state index >= 15 is 0 Å². The van der Waals surface area contributed by atoms with Gasteiger partial charge < -0.3 is 19.7 Å². The number of aliphatic imine (C=N–C) groups is 1. The summed E-state index contributed by atoms with van der Waals surface area (Å²) >= 11 is 0. The molecule has 5 heteroatoms. The number of nitrogens with zero attached hydrogens (tertiary/aromatic N) is 2.